The number of halogens is 1. The lowest BCUT2D eigenvalue weighted by Gasteiger charge is -2.33. The van der Waals surface area contributed by atoms with E-state index in [9.17, 15) is 4.79 Å². The van der Waals surface area contributed by atoms with Crippen LogP contribution in [0.1, 0.15) is 36.2 Å². The fourth-order valence-electron chi connectivity index (χ4n) is 4.52. The first-order valence-electron chi connectivity index (χ1n) is 10.8. The zero-order valence-corrected chi connectivity index (χ0v) is 18.1. The molecule has 1 saturated heterocycles. The summed E-state index contributed by atoms with van der Waals surface area (Å²) in [7, 11) is 0. The van der Waals surface area contributed by atoms with Crippen molar-refractivity contribution in [3.63, 3.8) is 0 Å². The van der Waals surface area contributed by atoms with Gasteiger partial charge in [0, 0.05) is 53.3 Å². The topological polar surface area (TPSA) is 50.2 Å². The van der Waals surface area contributed by atoms with Gasteiger partial charge in [0.15, 0.2) is 0 Å². The van der Waals surface area contributed by atoms with Gasteiger partial charge < -0.3 is 14.8 Å². The number of likely N-dealkylation sites (tertiary alicyclic amines) is 1. The van der Waals surface area contributed by atoms with E-state index in [-0.39, 0.29) is 5.91 Å². The summed E-state index contributed by atoms with van der Waals surface area (Å²) in [5.74, 6) is 0.0881. The summed E-state index contributed by atoms with van der Waals surface area (Å²) in [6.45, 7) is 1.48. The molecule has 2 aliphatic rings. The van der Waals surface area contributed by atoms with Gasteiger partial charge in [-0.1, -0.05) is 35.9 Å². The number of carbonyl (C=O) groups excluding carboxylic acids is 1. The number of rotatable bonds is 4. The van der Waals surface area contributed by atoms with E-state index in [1.807, 2.05) is 47.4 Å². The van der Waals surface area contributed by atoms with Crippen LogP contribution < -0.4 is 5.32 Å². The second-order valence-electron chi connectivity index (χ2n) is 8.13. The Hall–Kier alpha value is -3.05. The first-order chi connectivity index (χ1) is 15.2. The monoisotopic (exact) mass is 432 g/mol. The van der Waals surface area contributed by atoms with E-state index in [1.54, 1.807) is 12.4 Å². The second kappa shape index (κ2) is 8.60. The van der Waals surface area contributed by atoms with Crippen molar-refractivity contribution in [2.45, 2.75) is 31.7 Å². The Morgan fingerprint density at radius 3 is 2.65 bits per heavy atom. The first kappa shape index (κ1) is 19.9. The number of amides is 1. The molecule has 1 aliphatic carbocycles. The van der Waals surface area contributed by atoms with Crippen LogP contribution in [0.15, 0.2) is 72.0 Å². The molecule has 3 heterocycles. The summed E-state index contributed by atoms with van der Waals surface area (Å²) >= 11 is 6.31. The van der Waals surface area contributed by atoms with Crippen molar-refractivity contribution in [3.8, 4) is 0 Å². The van der Waals surface area contributed by atoms with Gasteiger partial charge in [0.2, 0.25) is 0 Å². The smallest absolute Gasteiger partial charge is 0.270 e. The molecule has 0 radical (unpaired) electrons. The summed E-state index contributed by atoms with van der Waals surface area (Å²) in [4.78, 5) is 19.6. The van der Waals surface area contributed by atoms with Gasteiger partial charge in [0.25, 0.3) is 5.91 Å². The van der Waals surface area contributed by atoms with E-state index in [0.717, 1.165) is 71.8 Å². The first-order valence-corrected chi connectivity index (χ1v) is 11.2. The van der Waals surface area contributed by atoms with Crippen LogP contribution >= 0.6 is 11.6 Å². The lowest BCUT2D eigenvalue weighted by atomic mass is 10.0. The van der Waals surface area contributed by atoms with Crippen LogP contribution in [0.3, 0.4) is 0 Å². The quantitative estimate of drug-likeness (QED) is 0.591. The number of hydrogen-bond acceptors (Lipinski definition) is 3. The second-order valence-corrected chi connectivity index (χ2v) is 8.57. The molecule has 0 unspecified atom stereocenters. The Kier molecular flexibility index (Phi) is 5.51. The average molecular weight is 433 g/mol. The minimum atomic E-state index is 0.0881. The molecule has 1 N–H and O–H groups in total. The number of fused-ring (bicyclic) bond motifs is 1. The van der Waals surface area contributed by atoms with Crippen LogP contribution in [0.2, 0.25) is 0 Å². The van der Waals surface area contributed by atoms with Gasteiger partial charge in [0.05, 0.1) is 5.52 Å². The van der Waals surface area contributed by atoms with Crippen molar-refractivity contribution in [2.24, 2.45) is 0 Å². The van der Waals surface area contributed by atoms with Crippen LogP contribution in [-0.4, -0.2) is 39.5 Å². The maximum atomic E-state index is 13.6. The number of nitrogens with one attached hydrogen (secondary N) is 1. The van der Waals surface area contributed by atoms with Gasteiger partial charge in [-0.25, -0.2) is 0 Å². The number of nitrogens with zero attached hydrogens (tertiary/aromatic N) is 3. The number of para-hydroxylation sites is 1. The molecule has 158 valence electrons. The number of benzene rings is 1. The molecule has 3 aromatic rings. The molecule has 2 aromatic heterocycles. The molecule has 0 saturated carbocycles. The van der Waals surface area contributed by atoms with Crippen molar-refractivity contribution in [1.29, 1.82) is 0 Å². The zero-order chi connectivity index (χ0) is 21.2. The third-order valence-electron chi connectivity index (χ3n) is 6.09. The predicted molar refractivity (Wildman–Crippen MR) is 126 cm³/mol. The number of aromatic nitrogens is 2. The van der Waals surface area contributed by atoms with Crippen molar-refractivity contribution in [3.05, 3.63) is 77.7 Å². The molecule has 5 nitrogen and oxygen atoms in total. The maximum absolute atomic E-state index is 13.6. The third kappa shape index (κ3) is 4.10. The highest BCUT2D eigenvalue weighted by molar-refractivity contribution is 6.31. The fraction of sp³-hybridized carbons (Fsp3) is 0.280. The van der Waals surface area contributed by atoms with E-state index in [0.29, 0.717) is 6.04 Å². The summed E-state index contributed by atoms with van der Waals surface area (Å²) in [5, 5.41) is 5.37. The molecular weight excluding hydrogens is 408 g/mol. The molecule has 1 amide bonds. The molecule has 1 aromatic carbocycles. The molecule has 1 fully saturated rings. The van der Waals surface area contributed by atoms with Crippen LogP contribution in [-0.2, 0) is 0 Å². The largest absolute Gasteiger partial charge is 0.382 e. The normalized spacial score (nSPS) is 17.4. The molecule has 0 atom stereocenters. The van der Waals surface area contributed by atoms with Gasteiger partial charge in [0.1, 0.15) is 5.69 Å². The molecule has 0 spiro atoms. The molecular formula is C25H25ClN4O. The molecule has 6 heteroatoms. The van der Waals surface area contributed by atoms with Crippen molar-refractivity contribution in [1.82, 2.24) is 14.5 Å². The third-order valence-corrected chi connectivity index (χ3v) is 6.36. The summed E-state index contributed by atoms with van der Waals surface area (Å²) in [6.07, 6.45) is 11.2. The molecule has 0 bridgehead atoms. The number of allylic oxidation sites excluding steroid dienone is 4. The molecule has 31 heavy (non-hydrogen) atoms. The Balaban J connectivity index is 1.38. The Bertz CT molecular complexity index is 1160. The van der Waals surface area contributed by atoms with E-state index >= 15 is 0 Å². The highest BCUT2D eigenvalue weighted by atomic mass is 35.5. The van der Waals surface area contributed by atoms with Crippen molar-refractivity contribution in [2.75, 3.05) is 18.4 Å². The van der Waals surface area contributed by atoms with Crippen molar-refractivity contribution >= 4 is 39.8 Å². The molecule has 1 aliphatic heterocycles. The lowest BCUT2D eigenvalue weighted by Crippen LogP contribution is -2.43. The average Bonchev–Trinajstić information content (AvgIpc) is 3.19. The minimum absolute atomic E-state index is 0.0881. The number of anilines is 1. The van der Waals surface area contributed by atoms with E-state index < -0.39 is 0 Å². The lowest BCUT2D eigenvalue weighted by molar-refractivity contribution is 0.0711. The standard InChI is InChI=1S/C25H25ClN4O/c26-19-5-3-6-22(17-19)30-23-7-2-1-4-18(23)16-24(30)25(31)29-14-10-21(11-15-29)28-20-8-12-27-13-9-20/h1-2,4-5,7-9,12-13,16-17,21H,3,6,10-11,14-15H2,(H,27,28). The van der Waals surface area contributed by atoms with Crippen LogP contribution in [0.5, 0.6) is 0 Å². The van der Waals surface area contributed by atoms with Gasteiger partial charge >= 0.3 is 0 Å². The van der Waals surface area contributed by atoms with Gasteiger partial charge in [-0.2, -0.15) is 0 Å². The van der Waals surface area contributed by atoms with Gasteiger partial charge in [-0.05, 0) is 56.0 Å². The highest BCUT2D eigenvalue weighted by Crippen LogP contribution is 2.31. The Morgan fingerprint density at radius 1 is 1.10 bits per heavy atom. The number of piperidine rings is 1. The number of carbonyl (C=O) groups is 1. The Morgan fingerprint density at radius 2 is 1.87 bits per heavy atom. The van der Waals surface area contributed by atoms with E-state index in [1.165, 1.54) is 0 Å². The highest BCUT2D eigenvalue weighted by Gasteiger charge is 2.27. The predicted octanol–water partition coefficient (Wildman–Crippen LogP) is 5.51. The van der Waals surface area contributed by atoms with Crippen LogP contribution in [0.25, 0.3) is 16.6 Å². The minimum Gasteiger partial charge on any atom is -0.382 e. The van der Waals surface area contributed by atoms with Crippen LogP contribution in [0.4, 0.5) is 5.69 Å². The fourth-order valence-corrected chi connectivity index (χ4v) is 4.75. The number of pyridine rings is 1. The Labute approximate surface area is 187 Å². The summed E-state index contributed by atoms with van der Waals surface area (Å²) in [5.41, 5.74) is 3.93. The van der Waals surface area contributed by atoms with Crippen molar-refractivity contribution < 1.29 is 4.79 Å². The maximum Gasteiger partial charge on any atom is 0.270 e. The SMILES string of the molecule is O=C(c1cc2ccccc2n1C1=CC(Cl)=CCC1)N1CCC(Nc2ccncc2)CC1. The summed E-state index contributed by atoms with van der Waals surface area (Å²) < 4.78 is 2.11. The van der Waals surface area contributed by atoms with E-state index in [4.69, 9.17) is 11.6 Å². The number of hydrogen-bond donors (Lipinski definition) is 1. The van der Waals surface area contributed by atoms with Crippen LogP contribution in [0, 0.1) is 0 Å². The van der Waals surface area contributed by atoms with Gasteiger partial charge in [-0.15, -0.1) is 0 Å². The van der Waals surface area contributed by atoms with E-state index in [2.05, 4.69) is 27.0 Å². The summed E-state index contributed by atoms with van der Waals surface area (Å²) in [6, 6.07) is 14.5. The molecule has 5 rings (SSSR count). The van der Waals surface area contributed by atoms with Gasteiger partial charge in [-0.3, -0.25) is 9.78 Å². The zero-order valence-electron chi connectivity index (χ0n) is 17.3.